The van der Waals surface area contributed by atoms with E-state index in [1.165, 1.54) is 0 Å². The molecule has 3 heterocycles. The van der Waals surface area contributed by atoms with E-state index in [9.17, 15) is 9.59 Å². The molecule has 9 nitrogen and oxygen atoms in total. The molecule has 1 N–H and O–H groups in total. The Balaban J connectivity index is 0.000000601. The van der Waals surface area contributed by atoms with Gasteiger partial charge in [0.2, 0.25) is 5.91 Å². The fourth-order valence-corrected chi connectivity index (χ4v) is 4.20. The minimum atomic E-state index is -0.833. The molecule has 0 bridgehead atoms. The quantitative estimate of drug-likeness (QED) is 0.757. The van der Waals surface area contributed by atoms with Gasteiger partial charge >= 0.3 is 0 Å². The first-order chi connectivity index (χ1) is 16.0. The summed E-state index contributed by atoms with van der Waals surface area (Å²) in [6, 6.07) is 11.2. The highest BCUT2D eigenvalue weighted by Gasteiger charge is 2.48. The maximum Gasteiger partial charge on any atom is 0.300 e. The molecular formula is C24H27N3O6. The normalized spacial score (nSPS) is 22.3. The number of amides is 2. The maximum atomic E-state index is 13.6. The Morgan fingerprint density at radius 1 is 1.15 bits per heavy atom. The van der Waals surface area contributed by atoms with Gasteiger partial charge in [-0.1, -0.05) is 24.3 Å². The average molecular weight is 453 g/mol. The number of pyridine rings is 1. The zero-order valence-electron chi connectivity index (χ0n) is 18.4. The lowest BCUT2D eigenvalue weighted by Crippen LogP contribution is -2.55. The summed E-state index contributed by atoms with van der Waals surface area (Å²) >= 11 is 0. The molecule has 33 heavy (non-hydrogen) atoms. The molecule has 1 aromatic heterocycles. The molecule has 9 heteroatoms. The Labute approximate surface area is 191 Å². The van der Waals surface area contributed by atoms with Crippen LogP contribution in [-0.2, 0) is 25.7 Å². The molecule has 0 spiro atoms. The number of carbonyl (C=O) groups is 3. The van der Waals surface area contributed by atoms with Gasteiger partial charge in [-0.25, -0.2) is 0 Å². The first-order valence-corrected chi connectivity index (χ1v) is 11.0. The van der Waals surface area contributed by atoms with E-state index in [0.717, 1.165) is 36.6 Å². The van der Waals surface area contributed by atoms with E-state index in [-0.39, 0.29) is 24.5 Å². The topological polar surface area (TPSA) is 109 Å². The molecule has 0 radical (unpaired) electrons. The van der Waals surface area contributed by atoms with Gasteiger partial charge < -0.3 is 24.4 Å². The van der Waals surface area contributed by atoms with Crippen molar-refractivity contribution in [2.45, 2.75) is 44.5 Å². The van der Waals surface area contributed by atoms with Crippen LogP contribution in [-0.4, -0.2) is 69.6 Å². The maximum absolute atomic E-state index is 13.6. The zero-order valence-corrected chi connectivity index (χ0v) is 18.4. The van der Waals surface area contributed by atoms with E-state index in [0.29, 0.717) is 19.7 Å². The summed E-state index contributed by atoms with van der Waals surface area (Å²) in [5.74, 6) is -0.196. The Bertz CT molecular complexity index is 1010. The predicted molar refractivity (Wildman–Crippen MR) is 117 cm³/mol. The van der Waals surface area contributed by atoms with E-state index in [4.69, 9.17) is 19.4 Å². The largest absolute Gasteiger partial charge is 0.491 e. The van der Waals surface area contributed by atoms with Gasteiger partial charge in [0.1, 0.15) is 19.0 Å². The third-order valence-corrected chi connectivity index (χ3v) is 5.73. The van der Waals surface area contributed by atoms with Crippen molar-refractivity contribution in [2.75, 3.05) is 19.8 Å². The number of carboxylic acids is 1. The van der Waals surface area contributed by atoms with Gasteiger partial charge in [0, 0.05) is 37.5 Å². The van der Waals surface area contributed by atoms with E-state index >= 15 is 0 Å². The number of carboxylic acid groups (broad SMARTS) is 1. The number of benzene rings is 1. The molecule has 2 amide bonds. The second-order valence-electron chi connectivity index (χ2n) is 8.23. The van der Waals surface area contributed by atoms with E-state index in [1.54, 1.807) is 17.3 Å². The van der Waals surface area contributed by atoms with Gasteiger partial charge in [-0.3, -0.25) is 19.4 Å². The average Bonchev–Trinajstić information content (AvgIpc) is 3.65. The second-order valence-corrected chi connectivity index (χ2v) is 8.23. The SMILES string of the molecule is CC(=O)O.O=C([C@H]1OCC(=O)N(C2CC2)[C@@H]1c1cccnc1)N1CCOc2ccccc2C1. The number of hydrogen-bond donors (Lipinski definition) is 1. The number of nitrogens with zero attached hydrogens (tertiary/aromatic N) is 3. The van der Waals surface area contributed by atoms with Crippen LogP contribution in [0.2, 0.25) is 0 Å². The molecule has 1 saturated carbocycles. The third-order valence-electron chi connectivity index (χ3n) is 5.73. The molecule has 1 saturated heterocycles. The van der Waals surface area contributed by atoms with Crippen molar-refractivity contribution in [2.24, 2.45) is 0 Å². The fourth-order valence-electron chi connectivity index (χ4n) is 4.20. The minimum Gasteiger partial charge on any atom is -0.491 e. The molecule has 2 fully saturated rings. The summed E-state index contributed by atoms with van der Waals surface area (Å²) in [7, 11) is 0. The van der Waals surface area contributed by atoms with Crippen molar-refractivity contribution < 1.29 is 29.0 Å². The number of fused-ring (bicyclic) bond motifs is 1. The van der Waals surface area contributed by atoms with Crippen LogP contribution in [0.5, 0.6) is 5.75 Å². The van der Waals surface area contributed by atoms with Gasteiger partial charge in [0.05, 0.1) is 12.6 Å². The molecular weight excluding hydrogens is 426 g/mol. The lowest BCUT2D eigenvalue weighted by molar-refractivity contribution is -0.170. The van der Waals surface area contributed by atoms with Crippen molar-refractivity contribution >= 4 is 17.8 Å². The van der Waals surface area contributed by atoms with Crippen molar-refractivity contribution in [1.29, 1.82) is 0 Å². The number of ether oxygens (including phenoxy) is 2. The van der Waals surface area contributed by atoms with E-state index < -0.39 is 18.1 Å². The summed E-state index contributed by atoms with van der Waals surface area (Å²) < 4.78 is 11.7. The molecule has 2 aliphatic heterocycles. The van der Waals surface area contributed by atoms with Crippen LogP contribution in [0.1, 0.15) is 36.9 Å². The van der Waals surface area contributed by atoms with Crippen LogP contribution < -0.4 is 4.74 Å². The number of para-hydroxylation sites is 1. The third kappa shape index (κ3) is 5.31. The summed E-state index contributed by atoms with van der Waals surface area (Å²) in [6.07, 6.45) is 4.60. The number of morpholine rings is 1. The number of aromatic nitrogens is 1. The van der Waals surface area contributed by atoms with Crippen LogP contribution in [0.15, 0.2) is 48.8 Å². The molecule has 174 valence electrons. The summed E-state index contributed by atoms with van der Waals surface area (Å²) in [5, 5.41) is 7.42. The highest BCUT2D eigenvalue weighted by atomic mass is 16.5. The Morgan fingerprint density at radius 3 is 2.61 bits per heavy atom. The molecule has 5 rings (SSSR count). The molecule has 1 aliphatic carbocycles. The number of carbonyl (C=O) groups excluding carboxylic acids is 2. The van der Waals surface area contributed by atoms with E-state index in [2.05, 4.69) is 4.98 Å². The highest BCUT2D eigenvalue weighted by molar-refractivity contribution is 5.87. The lowest BCUT2D eigenvalue weighted by Gasteiger charge is -2.42. The van der Waals surface area contributed by atoms with Crippen LogP contribution in [0.25, 0.3) is 0 Å². The summed E-state index contributed by atoms with van der Waals surface area (Å²) in [5.41, 5.74) is 1.81. The number of aliphatic carboxylic acids is 1. The van der Waals surface area contributed by atoms with Gasteiger partial charge in [0.25, 0.3) is 11.9 Å². The van der Waals surface area contributed by atoms with E-state index in [1.807, 2.05) is 41.3 Å². The minimum absolute atomic E-state index is 0.0602. The fraction of sp³-hybridized carbons (Fsp3) is 0.417. The monoisotopic (exact) mass is 453 g/mol. The summed E-state index contributed by atoms with van der Waals surface area (Å²) in [6.45, 7) is 2.39. The molecule has 1 aromatic carbocycles. The smallest absolute Gasteiger partial charge is 0.300 e. The predicted octanol–water partition coefficient (Wildman–Crippen LogP) is 2.02. The van der Waals surface area contributed by atoms with Crippen molar-refractivity contribution in [1.82, 2.24) is 14.8 Å². The van der Waals surface area contributed by atoms with Crippen molar-refractivity contribution in [3.05, 3.63) is 59.9 Å². The van der Waals surface area contributed by atoms with Gasteiger partial charge in [0.15, 0.2) is 6.10 Å². The van der Waals surface area contributed by atoms with Crippen LogP contribution in [0, 0.1) is 0 Å². The molecule has 2 atom stereocenters. The van der Waals surface area contributed by atoms with Crippen LogP contribution in [0.3, 0.4) is 0 Å². The van der Waals surface area contributed by atoms with Gasteiger partial charge in [-0.05, 0) is 30.5 Å². The zero-order chi connectivity index (χ0) is 23.4. The molecule has 3 aliphatic rings. The number of hydrogen-bond acceptors (Lipinski definition) is 6. The van der Waals surface area contributed by atoms with Crippen LogP contribution >= 0.6 is 0 Å². The first kappa shape index (κ1) is 22.7. The first-order valence-electron chi connectivity index (χ1n) is 11.0. The second kappa shape index (κ2) is 9.99. The van der Waals surface area contributed by atoms with Gasteiger partial charge in [-0.15, -0.1) is 0 Å². The lowest BCUT2D eigenvalue weighted by atomic mass is 9.97. The number of rotatable bonds is 3. The Hall–Kier alpha value is -3.46. The van der Waals surface area contributed by atoms with Gasteiger partial charge in [-0.2, -0.15) is 0 Å². The van der Waals surface area contributed by atoms with Crippen molar-refractivity contribution in [3.63, 3.8) is 0 Å². The molecule has 2 aromatic rings. The Kier molecular flexibility index (Phi) is 6.88. The van der Waals surface area contributed by atoms with Crippen molar-refractivity contribution in [3.8, 4) is 5.75 Å². The standard InChI is InChI=1S/C22H23N3O4.C2H4O2/c26-19-14-29-21(20(25(19)17-7-8-17)15-5-3-9-23-12-15)22(27)24-10-11-28-18-6-2-1-4-16(18)13-24;1-2(3)4/h1-6,9,12,17,20-21H,7-8,10-11,13-14H2;1H3,(H,3,4)/t20-,21+;/m1./s1. The van der Waals surface area contributed by atoms with Crippen LogP contribution in [0.4, 0.5) is 0 Å². The summed E-state index contributed by atoms with van der Waals surface area (Å²) in [4.78, 5) is 43.1. The molecule has 0 unspecified atom stereocenters. The highest BCUT2D eigenvalue weighted by Crippen LogP contribution is 2.40. The Morgan fingerprint density at radius 2 is 1.91 bits per heavy atom.